The van der Waals surface area contributed by atoms with Gasteiger partial charge in [0.05, 0.1) is 36.2 Å². The van der Waals surface area contributed by atoms with Gasteiger partial charge in [0.2, 0.25) is 0 Å². The first-order chi connectivity index (χ1) is 38.8. The van der Waals surface area contributed by atoms with Gasteiger partial charge in [-0.2, -0.15) is 0 Å². The van der Waals surface area contributed by atoms with E-state index in [4.69, 9.17) is 23.7 Å². The molecule has 17 fully saturated rings. The highest BCUT2D eigenvalue weighted by Crippen LogP contribution is 2.75. The summed E-state index contributed by atoms with van der Waals surface area (Å²) in [6.07, 6.45) is 43.3. The summed E-state index contributed by atoms with van der Waals surface area (Å²) in [4.78, 5) is 59.8. The third-order valence-electron chi connectivity index (χ3n) is 29.2. The lowest BCUT2D eigenvalue weighted by Gasteiger charge is -2.53. The first-order valence-electron chi connectivity index (χ1n) is 33.3. The van der Waals surface area contributed by atoms with E-state index in [0.717, 1.165) is 97.7 Å². The fourth-order valence-corrected chi connectivity index (χ4v) is 26.6. The second-order valence-corrected chi connectivity index (χ2v) is 31.5. The molecule has 0 amide bonds. The fraction of sp³-hybridized carbons (Fsp3) is 0.786. The maximum Gasteiger partial charge on any atom is 0.310 e. The Morgan fingerprint density at radius 2 is 0.688 bits per heavy atom. The van der Waals surface area contributed by atoms with Crippen molar-refractivity contribution in [2.45, 2.75) is 153 Å². The van der Waals surface area contributed by atoms with Crippen molar-refractivity contribution in [2.75, 3.05) is 6.61 Å². The van der Waals surface area contributed by atoms with Gasteiger partial charge in [-0.05, 0) is 229 Å². The Morgan fingerprint density at radius 3 is 1.12 bits per heavy atom. The SMILES string of the molecule is CC1(C)OC(=O)C2C3C4C=CC(C4)C3C21.CCC1(CC)OC(=O)C2C3C4C=CC(C4)C3C21.O=C1OC2(CCCC2)C2C1C1C3C=CC(C3)C12.O=C1OC2(CCCCC2)C2C1C1C3C=CC(C3)C12.O=C1OCC2C1C1C3C=CC(C3)C21. The van der Waals surface area contributed by atoms with Gasteiger partial charge < -0.3 is 23.7 Å². The number of carbonyl (C=O) groups excluding carboxylic acids is 5. The maximum absolute atomic E-state index is 12.3. The Bertz CT molecular complexity index is 2810. The van der Waals surface area contributed by atoms with Crippen LogP contribution in [0.3, 0.4) is 0 Å². The van der Waals surface area contributed by atoms with Crippen LogP contribution < -0.4 is 0 Å². The minimum Gasteiger partial charge on any atom is -0.465 e. The van der Waals surface area contributed by atoms with Crippen LogP contribution in [0.2, 0.25) is 0 Å². The van der Waals surface area contributed by atoms with Gasteiger partial charge in [-0.25, -0.2) is 0 Å². The van der Waals surface area contributed by atoms with Gasteiger partial charge in [0.15, 0.2) is 0 Å². The van der Waals surface area contributed by atoms with Crippen LogP contribution >= 0.6 is 0 Å². The number of rotatable bonds is 2. The van der Waals surface area contributed by atoms with E-state index in [-0.39, 0.29) is 81.8 Å². The zero-order chi connectivity index (χ0) is 53.8. The summed E-state index contributed by atoms with van der Waals surface area (Å²) in [5.41, 5.74) is -0.372. The molecule has 5 aliphatic heterocycles. The van der Waals surface area contributed by atoms with Crippen molar-refractivity contribution >= 4 is 29.8 Å². The van der Waals surface area contributed by atoms with Crippen LogP contribution in [0.15, 0.2) is 60.8 Å². The topological polar surface area (TPSA) is 132 Å². The quantitative estimate of drug-likeness (QED) is 0.150. The largest absolute Gasteiger partial charge is 0.465 e. The van der Waals surface area contributed by atoms with Gasteiger partial charge in [0, 0.05) is 29.6 Å². The lowest BCUT2D eigenvalue weighted by molar-refractivity contribution is -0.153. The molecular weight excluding hydrogens is 1000 g/mol. The van der Waals surface area contributed by atoms with Gasteiger partial charge in [-0.15, -0.1) is 0 Å². The zero-order valence-corrected chi connectivity index (χ0v) is 47.7. The van der Waals surface area contributed by atoms with Crippen molar-refractivity contribution in [1.82, 2.24) is 0 Å². The number of fused-ring (bicyclic) bond motifs is 42. The Balaban J connectivity index is 0.0000000777. The van der Waals surface area contributed by atoms with Crippen LogP contribution in [0, 0.1) is 178 Å². The Labute approximate surface area is 473 Å². The normalized spacial score (nSPS) is 55.6. The zero-order valence-electron chi connectivity index (χ0n) is 47.7. The molecule has 80 heavy (non-hydrogen) atoms. The molecular formula is C70H86O10. The van der Waals surface area contributed by atoms with Crippen LogP contribution in [-0.4, -0.2) is 58.9 Å². The van der Waals surface area contributed by atoms with E-state index < -0.39 is 0 Å². The molecule has 10 nitrogen and oxygen atoms in total. The molecule has 2 spiro atoms. The molecule has 5 saturated heterocycles. The molecule has 30 unspecified atom stereocenters. The van der Waals surface area contributed by atoms with Crippen LogP contribution in [0.25, 0.3) is 0 Å². The number of carbonyl (C=O) groups is 5. The third-order valence-corrected chi connectivity index (χ3v) is 29.2. The van der Waals surface area contributed by atoms with E-state index in [1.165, 1.54) is 64.2 Å². The third kappa shape index (κ3) is 6.07. The highest BCUT2D eigenvalue weighted by atomic mass is 16.6. The lowest BCUT2D eigenvalue weighted by atomic mass is 9.48. The first-order valence-corrected chi connectivity index (χ1v) is 33.3. The van der Waals surface area contributed by atoms with Gasteiger partial charge >= 0.3 is 29.8 Å². The molecule has 22 aliphatic rings. The smallest absolute Gasteiger partial charge is 0.310 e. The molecule has 426 valence electrons. The Hall–Kier alpha value is -3.95. The van der Waals surface area contributed by atoms with E-state index in [9.17, 15) is 24.0 Å². The van der Waals surface area contributed by atoms with Gasteiger partial charge in [0.1, 0.15) is 22.4 Å². The van der Waals surface area contributed by atoms with Crippen molar-refractivity contribution in [3.8, 4) is 0 Å². The molecule has 0 aromatic heterocycles. The highest BCUT2D eigenvalue weighted by molar-refractivity contribution is 5.81. The van der Waals surface area contributed by atoms with Crippen LogP contribution in [0.1, 0.15) is 130 Å². The molecule has 0 aromatic rings. The van der Waals surface area contributed by atoms with Gasteiger partial charge in [-0.3, -0.25) is 24.0 Å². The van der Waals surface area contributed by atoms with Crippen LogP contribution in [-0.2, 0) is 47.7 Å². The Morgan fingerprint density at radius 1 is 0.362 bits per heavy atom. The first kappa shape index (κ1) is 49.5. The summed E-state index contributed by atoms with van der Waals surface area (Å²) in [7, 11) is 0. The lowest BCUT2D eigenvalue weighted by Crippen LogP contribution is -2.56. The van der Waals surface area contributed by atoms with Crippen molar-refractivity contribution in [3.63, 3.8) is 0 Å². The average Bonchev–Trinajstić information content (AvgIpc) is 4.02. The summed E-state index contributed by atoms with van der Waals surface area (Å²) < 4.78 is 28.4. The summed E-state index contributed by atoms with van der Waals surface area (Å²) in [6, 6.07) is 0. The average molecular weight is 1090 g/mol. The number of cyclic esters (lactones) is 3. The fourth-order valence-electron chi connectivity index (χ4n) is 26.6. The van der Waals surface area contributed by atoms with E-state index in [1.54, 1.807) is 0 Å². The van der Waals surface area contributed by atoms with Crippen molar-refractivity contribution < 1.29 is 47.7 Å². The van der Waals surface area contributed by atoms with E-state index in [1.807, 2.05) is 0 Å². The molecule has 22 rings (SSSR count). The number of hydrogen-bond acceptors (Lipinski definition) is 10. The number of allylic oxidation sites excluding steroid dienone is 10. The summed E-state index contributed by atoms with van der Waals surface area (Å²) in [5.74, 6) is 19.0. The monoisotopic (exact) mass is 1090 g/mol. The van der Waals surface area contributed by atoms with Crippen molar-refractivity contribution in [3.05, 3.63) is 60.8 Å². The van der Waals surface area contributed by atoms with Gasteiger partial charge in [0.25, 0.3) is 0 Å². The molecule has 30 atom stereocenters. The second kappa shape index (κ2) is 16.7. The molecule has 0 radical (unpaired) electrons. The van der Waals surface area contributed by atoms with Crippen LogP contribution in [0.5, 0.6) is 0 Å². The van der Waals surface area contributed by atoms with Crippen LogP contribution in [0.4, 0.5) is 0 Å². The predicted molar refractivity (Wildman–Crippen MR) is 293 cm³/mol. The van der Waals surface area contributed by atoms with Crippen molar-refractivity contribution in [2.24, 2.45) is 178 Å². The second-order valence-electron chi connectivity index (χ2n) is 31.5. The molecule has 10 heteroatoms. The summed E-state index contributed by atoms with van der Waals surface area (Å²) in [6.45, 7) is 9.23. The highest BCUT2D eigenvalue weighted by Gasteiger charge is 2.77. The predicted octanol–water partition coefficient (Wildman–Crippen LogP) is 11.5. The minimum atomic E-state index is -0.207. The number of ether oxygens (including phenoxy) is 5. The van der Waals surface area contributed by atoms with Crippen molar-refractivity contribution in [1.29, 1.82) is 0 Å². The van der Waals surface area contributed by atoms with Gasteiger partial charge in [-0.1, -0.05) is 81.0 Å². The Kier molecular flexibility index (Phi) is 10.3. The van der Waals surface area contributed by atoms with E-state index in [0.29, 0.717) is 95.4 Å². The molecule has 5 heterocycles. The maximum atomic E-state index is 12.3. The molecule has 0 N–H and O–H groups in total. The molecule has 0 aromatic carbocycles. The van der Waals surface area contributed by atoms with E-state index in [2.05, 4.69) is 88.5 Å². The minimum absolute atomic E-state index is 0.0127. The summed E-state index contributed by atoms with van der Waals surface area (Å²) >= 11 is 0. The number of esters is 5. The molecule has 17 aliphatic carbocycles. The van der Waals surface area contributed by atoms with E-state index >= 15 is 0 Å². The molecule has 10 bridgehead atoms. The summed E-state index contributed by atoms with van der Waals surface area (Å²) in [5, 5.41) is 0. The molecule has 12 saturated carbocycles. The standard InChI is InChI=1S/C16H20O2.C15H18O2.C15H20O2.C13H16O2.C11H12O2/c17-15-13-11-9-4-5-10(8-9)12(11)14(13)16(18-15)6-2-1-3-7-16;16-14-12-10-8-3-4-9(7-8)11(10)13(12)15(17-14)5-1-2-6-15;1-3-15(4-2)13-11-9-6-5-8(7-9)10(11)12(13)14(16)17-15;1-13(2)11-9-7-4-3-6(5-7)8(9)10(11)12(14)15-13;12-11-10-7(4-13-11)8-5-1-2-6(3-5)9(8)10/h4-5,9-14H,1-3,6-8H2;3-4,8-13H,1-2,5-7H2;5-6,8-13H,3-4,7H2,1-2H3;3-4,6-11H,5H2,1-2H3;1-2,5-10H,3-4H2. The number of hydrogen-bond donors (Lipinski definition) is 0.